The molecule has 0 aromatic heterocycles. The monoisotopic (exact) mass is 179 g/mol. The summed E-state index contributed by atoms with van der Waals surface area (Å²) in [4.78, 5) is 2.34. The van der Waals surface area contributed by atoms with E-state index in [2.05, 4.69) is 44.9 Å². The van der Waals surface area contributed by atoms with Crippen molar-refractivity contribution in [3.05, 3.63) is 23.4 Å². The van der Waals surface area contributed by atoms with Gasteiger partial charge in [-0.15, -0.1) is 0 Å². The first kappa shape index (κ1) is 10.4. The van der Waals surface area contributed by atoms with Gasteiger partial charge in [-0.05, 0) is 18.8 Å². The molecular weight excluding hydrogens is 158 g/mol. The second kappa shape index (κ2) is 4.50. The lowest BCUT2D eigenvalue weighted by Gasteiger charge is -2.18. The third-order valence-corrected chi connectivity index (χ3v) is 2.79. The Balaban J connectivity index is 2.72. The minimum absolute atomic E-state index is 0.695. The van der Waals surface area contributed by atoms with Gasteiger partial charge < -0.3 is 4.90 Å². The number of nitrogens with zero attached hydrogens (tertiary/aromatic N) is 1. The van der Waals surface area contributed by atoms with Crippen LogP contribution >= 0.6 is 0 Å². The van der Waals surface area contributed by atoms with Crippen LogP contribution in [0.1, 0.15) is 33.6 Å². The zero-order valence-corrected chi connectivity index (χ0v) is 9.30. The Morgan fingerprint density at radius 2 is 2.08 bits per heavy atom. The first-order valence-electron chi connectivity index (χ1n) is 5.24. The van der Waals surface area contributed by atoms with Gasteiger partial charge in [-0.25, -0.2) is 0 Å². The Morgan fingerprint density at radius 1 is 1.38 bits per heavy atom. The number of hydrogen-bond acceptors (Lipinski definition) is 1. The normalized spacial score (nSPS) is 18.4. The molecule has 0 N–H and O–H groups in total. The lowest BCUT2D eigenvalue weighted by molar-refractivity contribution is 0.450. The highest BCUT2D eigenvalue weighted by molar-refractivity contribution is 5.17. The Morgan fingerprint density at radius 3 is 2.62 bits per heavy atom. The molecule has 1 nitrogen and oxygen atoms in total. The van der Waals surface area contributed by atoms with E-state index in [1.165, 1.54) is 5.70 Å². The van der Waals surface area contributed by atoms with E-state index in [9.17, 15) is 0 Å². The van der Waals surface area contributed by atoms with Crippen LogP contribution in [-0.4, -0.2) is 18.5 Å². The molecule has 13 heavy (non-hydrogen) atoms. The minimum Gasteiger partial charge on any atom is -0.374 e. The summed E-state index contributed by atoms with van der Waals surface area (Å²) in [6.07, 6.45) is 7.05. The maximum atomic E-state index is 2.38. The van der Waals surface area contributed by atoms with Crippen LogP contribution in [0, 0.1) is 5.92 Å². The molecule has 0 radical (unpaired) electrons. The molecule has 0 aromatic rings. The van der Waals surface area contributed by atoms with Crippen LogP contribution in [0.3, 0.4) is 0 Å². The van der Waals surface area contributed by atoms with E-state index in [0.717, 1.165) is 19.4 Å². The summed E-state index contributed by atoms with van der Waals surface area (Å²) >= 11 is 0. The minimum atomic E-state index is 0.695. The Bertz CT molecular complexity index is 223. The summed E-state index contributed by atoms with van der Waals surface area (Å²) in [5.74, 6) is 0.695. The van der Waals surface area contributed by atoms with Crippen molar-refractivity contribution in [1.29, 1.82) is 0 Å². The molecule has 0 atom stereocenters. The van der Waals surface area contributed by atoms with Gasteiger partial charge in [0.2, 0.25) is 0 Å². The Hall–Kier alpha value is -0.720. The van der Waals surface area contributed by atoms with Gasteiger partial charge in [0.25, 0.3) is 0 Å². The predicted octanol–water partition coefficient (Wildman–Crippen LogP) is 3.20. The standard InChI is InChI=1S/C12H21N/c1-5-12-7-6-11(10(2)3)8-9-13(12)4/h7-8,10H,5-6,9H2,1-4H3. The lowest BCUT2D eigenvalue weighted by Crippen LogP contribution is -2.16. The highest BCUT2D eigenvalue weighted by Gasteiger charge is 2.08. The molecule has 74 valence electrons. The molecule has 1 aliphatic heterocycles. The van der Waals surface area contributed by atoms with Gasteiger partial charge >= 0.3 is 0 Å². The highest BCUT2D eigenvalue weighted by Crippen LogP contribution is 2.20. The van der Waals surface area contributed by atoms with E-state index in [1.54, 1.807) is 5.57 Å². The predicted molar refractivity (Wildman–Crippen MR) is 58.5 cm³/mol. The largest absolute Gasteiger partial charge is 0.374 e. The van der Waals surface area contributed by atoms with Crippen LogP contribution < -0.4 is 0 Å². The molecule has 1 heterocycles. The van der Waals surface area contributed by atoms with E-state index in [4.69, 9.17) is 0 Å². The molecule has 0 spiro atoms. The Kier molecular flexibility index (Phi) is 3.58. The average Bonchev–Trinajstić information content (AvgIpc) is 2.27. The maximum Gasteiger partial charge on any atom is 0.0356 e. The van der Waals surface area contributed by atoms with Crippen LogP contribution in [0.2, 0.25) is 0 Å². The van der Waals surface area contributed by atoms with Gasteiger partial charge in [0.05, 0.1) is 0 Å². The van der Waals surface area contributed by atoms with Crippen LogP contribution in [0.25, 0.3) is 0 Å². The number of likely N-dealkylation sites (N-methyl/N-ethyl adjacent to an activating group) is 1. The molecule has 0 aromatic carbocycles. The van der Waals surface area contributed by atoms with Gasteiger partial charge in [-0.1, -0.05) is 38.5 Å². The highest BCUT2D eigenvalue weighted by atomic mass is 15.1. The van der Waals surface area contributed by atoms with Crippen molar-refractivity contribution in [1.82, 2.24) is 4.90 Å². The molecule has 0 saturated carbocycles. The third kappa shape index (κ3) is 2.61. The second-order valence-electron chi connectivity index (χ2n) is 4.07. The molecule has 1 heteroatoms. The van der Waals surface area contributed by atoms with Crippen molar-refractivity contribution in [2.45, 2.75) is 33.6 Å². The summed E-state index contributed by atoms with van der Waals surface area (Å²) in [5, 5.41) is 0. The lowest BCUT2D eigenvalue weighted by atomic mass is 10.00. The van der Waals surface area contributed by atoms with Crippen LogP contribution in [-0.2, 0) is 0 Å². The van der Waals surface area contributed by atoms with Gasteiger partial charge in [0, 0.05) is 19.3 Å². The maximum absolute atomic E-state index is 2.38. The van der Waals surface area contributed by atoms with Crippen LogP contribution in [0.5, 0.6) is 0 Å². The Labute approximate surface area is 82.1 Å². The smallest absolute Gasteiger partial charge is 0.0356 e. The summed E-state index contributed by atoms with van der Waals surface area (Å²) in [6, 6.07) is 0. The van der Waals surface area contributed by atoms with E-state index < -0.39 is 0 Å². The number of hydrogen-bond donors (Lipinski definition) is 0. The fourth-order valence-corrected chi connectivity index (χ4v) is 1.73. The van der Waals surface area contributed by atoms with Gasteiger partial charge in [-0.3, -0.25) is 0 Å². The molecule has 1 aliphatic rings. The quantitative estimate of drug-likeness (QED) is 0.588. The zero-order valence-electron chi connectivity index (χ0n) is 9.30. The fraction of sp³-hybridized carbons (Fsp3) is 0.667. The van der Waals surface area contributed by atoms with E-state index in [1.807, 2.05) is 0 Å². The fourth-order valence-electron chi connectivity index (χ4n) is 1.73. The molecule has 0 saturated heterocycles. The van der Waals surface area contributed by atoms with Crippen molar-refractivity contribution in [3.63, 3.8) is 0 Å². The van der Waals surface area contributed by atoms with Gasteiger partial charge in [-0.2, -0.15) is 0 Å². The molecule has 0 aliphatic carbocycles. The van der Waals surface area contributed by atoms with Gasteiger partial charge in [0.15, 0.2) is 0 Å². The van der Waals surface area contributed by atoms with Crippen molar-refractivity contribution >= 4 is 0 Å². The molecule has 0 bridgehead atoms. The molecule has 0 amide bonds. The molecular formula is C12H21N. The number of rotatable bonds is 2. The van der Waals surface area contributed by atoms with E-state index in [-0.39, 0.29) is 0 Å². The third-order valence-electron chi connectivity index (χ3n) is 2.79. The second-order valence-corrected chi connectivity index (χ2v) is 4.07. The van der Waals surface area contributed by atoms with Crippen LogP contribution in [0.15, 0.2) is 23.4 Å². The molecule has 0 fully saturated rings. The average molecular weight is 179 g/mol. The molecule has 1 rings (SSSR count). The van der Waals surface area contributed by atoms with Crippen molar-refractivity contribution in [2.24, 2.45) is 5.92 Å². The van der Waals surface area contributed by atoms with Crippen molar-refractivity contribution < 1.29 is 0 Å². The summed E-state index contributed by atoms with van der Waals surface area (Å²) in [5.41, 5.74) is 3.06. The zero-order chi connectivity index (χ0) is 9.84. The van der Waals surface area contributed by atoms with E-state index >= 15 is 0 Å². The topological polar surface area (TPSA) is 3.24 Å². The summed E-state index contributed by atoms with van der Waals surface area (Å²) < 4.78 is 0. The molecule has 0 unspecified atom stereocenters. The summed E-state index contributed by atoms with van der Waals surface area (Å²) in [7, 11) is 2.18. The summed E-state index contributed by atoms with van der Waals surface area (Å²) in [6.45, 7) is 7.85. The SMILES string of the molecule is CCC1=CCC(C(C)C)=CCN1C. The van der Waals surface area contributed by atoms with Gasteiger partial charge in [0.1, 0.15) is 0 Å². The first-order valence-corrected chi connectivity index (χ1v) is 5.24. The van der Waals surface area contributed by atoms with Crippen molar-refractivity contribution in [3.8, 4) is 0 Å². The van der Waals surface area contributed by atoms with Crippen molar-refractivity contribution in [2.75, 3.05) is 13.6 Å². The first-order chi connectivity index (χ1) is 6.15. The van der Waals surface area contributed by atoms with Crippen LogP contribution in [0.4, 0.5) is 0 Å². The number of allylic oxidation sites excluding steroid dienone is 3. The van der Waals surface area contributed by atoms with E-state index in [0.29, 0.717) is 5.92 Å².